The largest absolute Gasteiger partial charge is 0.508 e. The van der Waals surface area contributed by atoms with Crippen molar-refractivity contribution in [2.24, 2.45) is 0 Å². The molecule has 4 rings (SSSR count). The molecule has 0 amide bonds. The van der Waals surface area contributed by atoms with Crippen LogP contribution >= 0.6 is 0 Å². The number of rotatable bonds is 3. The quantitative estimate of drug-likeness (QED) is 0.493. The highest BCUT2D eigenvalue weighted by Gasteiger charge is 2.22. The predicted molar refractivity (Wildman–Crippen MR) is 101 cm³/mol. The van der Waals surface area contributed by atoms with E-state index in [9.17, 15) is 10.2 Å². The van der Waals surface area contributed by atoms with Crippen LogP contribution in [0, 0.1) is 0 Å². The second-order valence-corrected chi connectivity index (χ2v) is 6.15. The van der Waals surface area contributed by atoms with Gasteiger partial charge >= 0.3 is 0 Å². The molecule has 25 heavy (non-hydrogen) atoms. The Bertz CT molecular complexity index is 1010. The minimum Gasteiger partial charge on any atom is -0.508 e. The number of phenols is 2. The summed E-state index contributed by atoms with van der Waals surface area (Å²) in [5, 5.41) is 22.5. The molecule has 0 aromatic heterocycles. The fourth-order valence-corrected chi connectivity index (χ4v) is 3.43. The Morgan fingerprint density at radius 3 is 1.96 bits per heavy atom. The van der Waals surface area contributed by atoms with E-state index < -0.39 is 0 Å². The van der Waals surface area contributed by atoms with Crippen LogP contribution in [0.3, 0.4) is 0 Å². The summed E-state index contributed by atoms with van der Waals surface area (Å²) in [6, 6.07) is 29.1. The van der Waals surface area contributed by atoms with E-state index in [2.05, 4.69) is 18.2 Å². The predicted octanol–water partition coefficient (Wildman–Crippen LogP) is 5.43. The third kappa shape index (κ3) is 2.83. The standard InChI is InChI=1S/C23H18O2/c24-19-13-10-18(11-14-19)22(17-7-2-1-3-8-17)23-20-9-5-4-6-16(20)12-15-21(23)25/h1-15,22,24-25H/t22-/m0/s1. The first-order valence-corrected chi connectivity index (χ1v) is 8.28. The van der Waals surface area contributed by atoms with Crippen molar-refractivity contribution in [3.63, 3.8) is 0 Å². The minimum absolute atomic E-state index is 0.118. The first-order valence-electron chi connectivity index (χ1n) is 8.28. The van der Waals surface area contributed by atoms with Gasteiger partial charge < -0.3 is 10.2 Å². The second-order valence-electron chi connectivity index (χ2n) is 6.15. The van der Waals surface area contributed by atoms with Crippen molar-refractivity contribution in [1.82, 2.24) is 0 Å². The van der Waals surface area contributed by atoms with Crippen LogP contribution in [0.1, 0.15) is 22.6 Å². The normalized spacial score (nSPS) is 12.2. The van der Waals surface area contributed by atoms with Gasteiger partial charge in [0.2, 0.25) is 0 Å². The number of phenolic OH excluding ortho intramolecular Hbond substituents is 2. The number of fused-ring (bicyclic) bond motifs is 1. The molecule has 0 saturated carbocycles. The van der Waals surface area contributed by atoms with Gasteiger partial charge in [0.25, 0.3) is 0 Å². The Morgan fingerprint density at radius 2 is 1.20 bits per heavy atom. The van der Waals surface area contributed by atoms with Crippen LogP contribution in [0.5, 0.6) is 11.5 Å². The topological polar surface area (TPSA) is 40.5 Å². The molecule has 0 radical (unpaired) electrons. The average Bonchev–Trinajstić information content (AvgIpc) is 2.66. The second kappa shape index (κ2) is 6.33. The molecule has 0 heterocycles. The lowest BCUT2D eigenvalue weighted by Crippen LogP contribution is -2.04. The maximum atomic E-state index is 10.7. The zero-order chi connectivity index (χ0) is 17.2. The Kier molecular flexibility index (Phi) is 3.87. The van der Waals surface area contributed by atoms with Gasteiger partial charge in [-0.15, -0.1) is 0 Å². The molecule has 2 nitrogen and oxygen atoms in total. The van der Waals surface area contributed by atoms with Crippen molar-refractivity contribution in [2.45, 2.75) is 5.92 Å². The van der Waals surface area contributed by atoms with E-state index in [4.69, 9.17) is 0 Å². The first kappa shape index (κ1) is 15.3. The zero-order valence-corrected chi connectivity index (χ0v) is 13.6. The monoisotopic (exact) mass is 326 g/mol. The smallest absolute Gasteiger partial charge is 0.120 e. The lowest BCUT2D eigenvalue weighted by molar-refractivity contribution is 0.468. The van der Waals surface area contributed by atoms with E-state index in [-0.39, 0.29) is 17.4 Å². The SMILES string of the molecule is Oc1ccc([C@H](c2ccccc2)c2c(O)ccc3ccccc23)cc1. The number of benzene rings is 4. The van der Waals surface area contributed by atoms with Crippen molar-refractivity contribution in [2.75, 3.05) is 0 Å². The van der Waals surface area contributed by atoms with Gasteiger partial charge in [-0.05, 0) is 40.1 Å². The van der Waals surface area contributed by atoms with Crippen LogP contribution in [-0.4, -0.2) is 10.2 Å². The summed E-state index contributed by atoms with van der Waals surface area (Å²) in [5.41, 5.74) is 3.01. The highest BCUT2D eigenvalue weighted by molar-refractivity contribution is 5.89. The summed E-state index contributed by atoms with van der Waals surface area (Å²) in [6.45, 7) is 0. The molecule has 0 saturated heterocycles. The molecule has 2 N–H and O–H groups in total. The summed E-state index contributed by atoms with van der Waals surface area (Å²) in [4.78, 5) is 0. The molecule has 0 bridgehead atoms. The van der Waals surface area contributed by atoms with Crippen molar-refractivity contribution in [3.05, 3.63) is 108 Å². The fraction of sp³-hybridized carbons (Fsp3) is 0.0435. The third-order valence-corrected chi connectivity index (χ3v) is 4.60. The third-order valence-electron chi connectivity index (χ3n) is 4.60. The lowest BCUT2D eigenvalue weighted by atomic mass is 9.82. The molecule has 4 aromatic carbocycles. The molecule has 2 heteroatoms. The number of aromatic hydroxyl groups is 2. The molecule has 0 unspecified atom stereocenters. The van der Waals surface area contributed by atoms with Crippen molar-refractivity contribution >= 4 is 10.8 Å². The maximum absolute atomic E-state index is 10.7. The summed E-state index contributed by atoms with van der Waals surface area (Å²) < 4.78 is 0. The lowest BCUT2D eigenvalue weighted by Gasteiger charge is -2.22. The van der Waals surface area contributed by atoms with Crippen molar-refractivity contribution < 1.29 is 10.2 Å². The van der Waals surface area contributed by atoms with Crippen LogP contribution in [0.15, 0.2) is 91.0 Å². The van der Waals surface area contributed by atoms with Gasteiger partial charge in [0, 0.05) is 11.5 Å². The van der Waals surface area contributed by atoms with Gasteiger partial charge in [0.1, 0.15) is 11.5 Å². The van der Waals surface area contributed by atoms with Gasteiger partial charge in [-0.25, -0.2) is 0 Å². The summed E-state index contributed by atoms with van der Waals surface area (Å²) >= 11 is 0. The molecule has 0 aliphatic heterocycles. The van der Waals surface area contributed by atoms with Crippen LogP contribution < -0.4 is 0 Å². The van der Waals surface area contributed by atoms with E-state index in [1.165, 1.54) is 0 Å². The Morgan fingerprint density at radius 1 is 0.560 bits per heavy atom. The van der Waals surface area contributed by atoms with E-state index in [1.807, 2.05) is 54.6 Å². The Labute approximate surface area is 146 Å². The van der Waals surface area contributed by atoms with Gasteiger partial charge in [-0.3, -0.25) is 0 Å². The molecule has 0 aliphatic rings. The van der Waals surface area contributed by atoms with E-state index >= 15 is 0 Å². The summed E-state index contributed by atoms with van der Waals surface area (Å²) in [5.74, 6) is 0.395. The molecular formula is C23H18O2. The molecular weight excluding hydrogens is 308 g/mol. The molecule has 4 aromatic rings. The fourth-order valence-electron chi connectivity index (χ4n) is 3.43. The van der Waals surface area contributed by atoms with E-state index in [0.717, 1.165) is 27.5 Å². The van der Waals surface area contributed by atoms with Gasteiger partial charge in [-0.1, -0.05) is 72.8 Å². The zero-order valence-electron chi connectivity index (χ0n) is 13.6. The van der Waals surface area contributed by atoms with Crippen molar-refractivity contribution in [1.29, 1.82) is 0 Å². The van der Waals surface area contributed by atoms with Crippen LogP contribution in [0.2, 0.25) is 0 Å². The van der Waals surface area contributed by atoms with E-state index in [1.54, 1.807) is 18.2 Å². The maximum Gasteiger partial charge on any atom is 0.120 e. The Hall–Kier alpha value is -3.26. The average molecular weight is 326 g/mol. The van der Waals surface area contributed by atoms with Crippen molar-refractivity contribution in [3.8, 4) is 11.5 Å². The molecule has 0 aliphatic carbocycles. The minimum atomic E-state index is -0.118. The Balaban J connectivity index is 2.02. The van der Waals surface area contributed by atoms with Crippen LogP contribution in [0.4, 0.5) is 0 Å². The highest BCUT2D eigenvalue weighted by atomic mass is 16.3. The van der Waals surface area contributed by atoms with E-state index in [0.29, 0.717) is 0 Å². The molecule has 0 fully saturated rings. The summed E-state index contributed by atoms with van der Waals surface area (Å²) in [6.07, 6.45) is 0. The van der Waals surface area contributed by atoms with Crippen LogP contribution in [0.25, 0.3) is 10.8 Å². The summed E-state index contributed by atoms with van der Waals surface area (Å²) in [7, 11) is 0. The number of hydrogen-bond donors (Lipinski definition) is 2. The molecule has 0 spiro atoms. The molecule has 1 atom stereocenters. The van der Waals surface area contributed by atoms with Gasteiger partial charge in [-0.2, -0.15) is 0 Å². The first-order chi connectivity index (χ1) is 12.2. The highest BCUT2D eigenvalue weighted by Crippen LogP contribution is 2.41. The van der Waals surface area contributed by atoms with Gasteiger partial charge in [0.05, 0.1) is 0 Å². The van der Waals surface area contributed by atoms with Crippen LogP contribution in [-0.2, 0) is 0 Å². The van der Waals surface area contributed by atoms with Gasteiger partial charge in [0.15, 0.2) is 0 Å². The number of hydrogen-bond acceptors (Lipinski definition) is 2. The molecule has 122 valence electrons.